The minimum absolute atomic E-state index is 0.00872. The van der Waals surface area contributed by atoms with Crippen molar-refractivity contribution in [1.29, 1.82) is 0 Å². The first-order valence-electron chi connectivity index (χ1n) is 9.15. The third-order valence-corrected chi connectivity index (χ3v) is 5.01. The highest BCUT2D eigenvalue weighted by Crippen LogP contribution is 2.33. The highest BCUT2D eigenvalue weighted by Gasteiger charge is 2.20. The minimum Gasteiger partial charge on any atom is -0.289 e. The van der Waals surface area contributed by atoms with Crippen molar-refractivity contribution in [2.75, 3.05) is 0 Å². The van der Waals surface area contributed by atoms with Crippen LogP contribution in [-0.2, 0) is 0 Å². The molecule has 4 heteroatoms. The summed E-state index contributed by atoms with van der Waals surface area (Å²) in [6.45, 7) is 2.01. The van der Waals surface area contributed by atoms with Crippen molar-refractivity contribution in [1.82, 2.24) is 14.5 Å². The summed E-state index contributed by atoms with van der Waals surface area (Å²) in [6.07, 6.45) is 3.43. The third kappa shape index (κ3) is 2.50. The van der Waals surface area contributed by atoms with Crippen molar-refractivity contribution in [2.45, 2.75) is 6.92 Å². The number of carbonyl (C=O) groups is 1. The first-order chi connectivity index (χ1) is 13.7. The maximum absolute atomic E-state index is 13.4. The van der Waals surface area contributed by atoms with E-state index in [1.54, 1.807) is 18.5 Å². The van der Waals surface area contributed by atoms with Crippen molar-refractivity contribution < 1.29 is 4.79 Å². The predicted octanol–water partition coefficient (Wildman–Crippen LogP) is 5.11. The highest BCUT2D eigenvalue weighted by molar-refractivity contribution is 6.21. The van der Waals surface area contributed by atoms with E-state index in [-0.39, 0.29) is 5.78 Å². The molecule has 4 nitrogen and oxygen atoms in total. The van der Waals surface area contributed by atoms with Gasteiger partial charge < -0.3 is 0 Å². The van der Waals surface area contributed by atoms with Gasteiger partial charge in [-0.15, -0.1) is 0 Å². The molecule has 0 saturated heterocycles. The maximum Gasteiger partial charge on any atom is 0.234 e. The molecule has 5 aromatic rings. The molecule has 0 bridgehead atoms. The Morgan fingerprint density at radius 1 is 0.786 bits per heavy atom. The molecule has 0 atom stereocenters. The number of nitrogens with zero attached hydrogens (tertiary/aromatic N) is 3. The zero-order valence-corrected chi connectivity index (χ0v) is 15.3. The lowest BCUT2D eigenvalue weighted by Crippen LogP contribution is -2.06. The summed E-state index contributed by atoms with van der Waals surface area (Å²) in [5.74, 6) is 0.545. The number of benzene rings is 3. The van der Waals surface area contributed by atoms with E-state index in [4.69, 9.17) is 0 Å². The molecule has 0 unspecified atom stereocenters. The first kappa shape index (κ1) is 16.4. The van der Waals surface area contributed by atoms with Gasteiger partial charge in [-0.1, -0.05) is 60.2 Å². The summed E-state index contributed by atoms with van der Waals surface area (Å²) in [6, 6.07) is 23.4. The Labute approximate surface area is 162 Å². The van der Waals surface area contributed by atoms with Gasteiger partial charge in [-0.25, -0.2) is 9.97 Å². The highest BCUT2D eigenvalue weighted by atomic mass is 16.1. The molecule has 2 aromatic heterocycles. The molecule has 5 rings (SSSR count). The van der Waals surface area contributed by atoms with E-state index in [2.05, 4.69) is 16.0 Å². The molecular formula is C24H17N3O. The lowest BCUT2D eigenvalue weighted by Gasteiger charge is -2.09. The van der Waals surface area contributed by atoms with Crippen molar-refractivity contribution in [3.8, 4) is 5.95 Å². The van der Waals surface area contributed by atoms with Crippen LogP contribution in [0, 0.1) is 6.92 Å². The Hall–Kier alpha value is -3.79. The number of hydrogen-bond donors (Lipinski definition) is 0. The lowest BCUT2D eigenvalue weighted by atomic mass is 9.99. The van der Waals surface area contributed by atoms with Crippen LogP contribution in [0.3, 0.4) is 0 Å². The second kappa shape index (κ2) is 6.43. The SMILES string of the molecule is Cc1ccc(C(=O)c2cccc3c4ccccc4n(-c4ncccn4)c23)cc1. The van der Waals surface area contributed by atoms with Gasteiger partial charge in [-0.3, -0.25) is 9.36 Å². The number of para-hydroxylation sites is 2. The fourth-order valence-corrected chi connectivity index (χ4v) is 3.68. The average Bonchev–Trinajstić information content (AvgIpc) is 3.09. The van der Waals surface area contributed by atoms with Crippen LogP contribution < -0.4 is 0 Å². The van der Waals surface area contributed by atoms with Gasteiger partial charge in [0.05, 0.1) is 11.0 Å². The summed E-state index contributed by atoms with van der Waals surface area (Å²) < 4.78 is 1.98. The second-order valence-corrected chi connectivity index (χ2v) is 6.80. The molecule has 3 aromatic carbocycles. The lowest BCUT2D eigenvalue weighted by molar-refractivity contribution is 0.104. The van der Waals surface area contributed by atoms with Gasteiger partial charge in [-0.2, -0.15) is 0 Å². The van der Waals surface area contributed by atoms with Gasteiger partial charge in [0.15, 0.2) is 5.78 Å². The number of carbonyl (C=O) groups excluding carboxylic acids is 1. The molecule has 0 fully saturated rings. The van der Waals surface area contributed by atoms with Crippen molar-refractivity contribution >= 4 is 27.6 Å². The number of aromatic nitrogens is 3. The third-order valence-electron chi connectivity index (χ3n) is 5.01. The molecule has 2 heterocycles. The van der Waals surface area contributed by atoms with E-state index >= 15 is 0 Å². The molecule has 0 aliphatic heterocycles. The van der Waals surface area contributed by atoms with Gasteiger partial charge in [0.1, 0.15) is 0 Å². The van der Waals surface area contributed by atoms with Gasteiger partial charge in [0, 0.05) is 34.3 Å². The Bertz CT molecular complexity index is 1320. The predicted molar refractivity (Wildman–Crippen MR) is 111 cm³/mol. The Kier molecular flexibility index (Phi) is 3.76. The molecule has 0 amide bonds. The second-order valence-electron chi connectivity index (χ2n) is 6.80. The van der Waals surface area contributed by atoms with E-state index in [1.165, 1.54) is 0 Å². The van der Waals surface area contributed by atoms with Crippen LogP contribution in [0.5, 0.6) is 0 Å². The molecular weight excluding hydrogens is 346 g/mol. The fraction of sp³-hybridized carbons (Fsp3) is 0.0417. The van der Waals surface area contributed by atoms with Gasteiger partial charge in [0.2, 0.25) is 5.95 Å². The van der Waals surface area contributed by atoms with Crippen molar-refractivity contribution in [3.63, 3.8) is 0 Å². The molecule has 0 N–H and O–H groups in total. The van der Waals surface area contributed by atoms with Crippen LogP contribution in [-0.4, -0.2) is 20.3 Å². The van der Waals surface area contributed by atoms with Crippen LogP contribution in [0.15, 0.2) is 85.2 Å². The molecule has 0 aliphatic carbocycles. The molecule has 0 radical (unpaired) electrons. The molecule has 134 valence electrons. The summed E-state index contributed by atoms with van der Waals surface area (Å²) in [4.78, 5) is 22.3. The number of fused-ring (bicyclic) bond motifs is 3. The van der Waals surface area contributed by atoms with Crippen LogP contribution in [0.1, 0.15) is 21.5 Å². The summed E-state index contributed by atoms with van der Waals surface area (Å²) in [5.41, 5.74) is 4.25. The van der Waals surface area contributed by atoms with Crippen molar-refractivity contribution in [3.05, 3.63) is 102 Å². The monoisotopic (exact) mass is 363 g/mol. The van der Waals surface area contributed by atoms with E-state index < -0.39 is 0 Å². The molecule has 0 saturated carbocycles. The standard InChI is InChI=1S/C24H17N3O/c1-16-10-12-17(13-11-16)23(28)20-8-4-7-19-18-6-2-3-9-21(18)27(22(19)20)24-25-14-5-15-26-24/h2-15H,1H3. The number of aryl methyl sites for hydroxylation is 1. The van der Waals surface area contributed by atoms with Gasteiger partial charge in [0.25, 0.3) is 0 Å². The first-order valence-corrected chi connectivity index (χ1v) is 9.15. The summed E-state index contributed by atoms with van der Waals surface area (Å²) in [5, 5.41) is 2.09. The van der Waals surface area contributed by atoms with E-state index in [1.807, 2.05) is 72.2 Å². The minimum atomic E-state index is -0.00872. The normalized spacial score (nSPS) is 11.2. The van der Waals surface area contributed by atoms with Crippen molar-refractivity contribution in [2.24, 2.45) is 0 Å². The number of rotatable bonds is 3. The fourth-order valence-electron chi connectivity index (χ4n) is 3.68. The maximum atomic E-state index is 13.4. The smallest absolute Gasteiger partial charge is 0.234 e. The zero-order valence-electron chi connectivity index (χ0n) is 15.3. The summed E-state index contributed by atoms with van der Waals surface area (Å²) in [7, 11) is 0. The van der Waals surface area contributed by atoms with Crippen LogP contribution in [0.25, 0.3) is 27.8 Å². The van der Waals surface area contributed by atoms with Crippen LogP contribution in [0.2, 0.25) is 0 Å². The number of hydrogen-bond acceptors (Lipinski definition) is 3. The van der Waals surface area contributed by atoms with E-state index in [0.29, 0.717) is 17.1 Å². The number of ketones is 1. The van der Waals surface area contributed by atoms with Gasteiger partial charge in [-0.05, 0) is 25.1 Å². The zero-order chi connectivity index (χ0) is 19.1. The molecule has 0 spiro atoms. The van der Waals surface area contributed by atoms with Crippen LogP contribution >= 0.6 is 0 Å². The van der Waals surface area contributed by atoms with Crippen LogP contribution in [0.4, 0.5) is 0 Å². The Balaban J connectivity index is 1.87. The topological polar surface area (TPSA) is 47.8 Å². The Morgan fingerprint density at radius 3 is 2.29 bits per heavy atom. The molecule has 28 heavy (non-hydrogen) atoms. The largest absolute Gasteiger partial charge is 0.289 e. The van der Waals surface area contributed by atoms with E-state index in [0.717, 1.165) is 27.4 Å². The Morgan fingerprint density at radius 2 is 1.50 bits per heavy atom. The summed E-state index contributed by atoms with van der Waals surface area (Å²) >= 11 is 0. The van der Waals surface area contributed by atoms with Gasteiger partial charge >= 0.3 is 0 Å². The molecule has 0 aliphatic rings. The van der Waals surface area contributed by atoms with E-state index in [9.17, 15) is 4.79 Å². The quantitative estimate of drug-likeness (QED) is 0.418. The average molecular weight is 363 g/mol.